The summed E-state index contributed by atoms with van der Waals surface area (Å²) < 4.78 is 0. The second kappa shape index (κ2) is 2.81. The fourth-order valence-electron chi connectivity index (χ4n) is 1.12. The van der Waals surface area contributed by atoms with E-state index in [-0.39, 0.29) is 0 Å². The third-order valence-corrected chi connectivity index (χ3v) is 1.94. The van der Waals surface area contributed by atoms with Crippen LogP contribution in [0.5, 0.6) is 0 Å². The van der Waals surface area contributed by atoms with Crippen LogP contribution >= 0.6 is 0 Å². The molecule has 12 heavy (non-hydrogen) atoms. The van der Waals surface area contributed by atoms with Crippen LogP contribution in [0.25, 0.3) is 0 Å². The minimum atomic E-state index is 1.15. The van der Waals surface area contributed by atoms with E-state index in [0.717, 1.165) is 5.70 Å². The van der Waals surface area contributed by atoms with Gasteiger partial charge in [-0.2, -0.15) is 0 Å². The number of allylic oxidation sites excluding steroid dienone is 1. The third-order valence-electron chi connectivity index (χ3n) is 1.94. The zero-order chi connectivity index (χ0) is 8.39. The van der Waals surface area contributed by atoms with Gasteiger partial charge in [0, 0.05) is 12.7 Å². The Morgan fingerprint density at radius 2 is 1.83 bits per heavy atom. The van der Waals surface area contributed by atoms with Gasteiger partial charge in [0.05, 0.1) is 18.1 Å². The van der Waals surface area contributed by atoms with E-state index in [1.54, 1.807) is 0 Å². The first kappa shape index (κ1) is 7.10. The Kier molecular flexibility index (Phi) is 1.67. The minimum Gasteiger partial charge on any atom is -0.342 e. The highest BCUT2D eigenvalue weighted by Gasteiger charge is 2.07. The molecule has 1 aliphatic heterocycles. The lowest BCUT2D eigenvalue weighted by molar-refractivity contribution is 1.13. The molecule has 0 aliphatic carbocycles. The van der Waals surface area contributed by atoms with Crippen molar-refractivity contribution in [3.05, 3.63) is 42.2 Å². The zero-order valence-corrected chi connectivity index (χ0v) is 6.94. The summed E-state index contributed by atoms with van der Waals surface area (Å²) in [6, 6.07) is 10.2. The second-order valence-corrected chi connectivity index (χ2v) is 2.73. The van der Waals surface area contributed by atoms with Crippen molar-refractivity contribution in [3.8, 4) is 0 Å². The Balaban J connectivity index is 2.20. The quantitative estimate of drug-likeness (QED) is 0.643. The monoisotopic (exact) mass is 158 g/mol. The van der Waals surface area contributed by atoms with Gasteiger partial charge >= 0.3 is 0 Å². The van der Waals surface area contributed by atoms with Crippen molar-refractivity contribution in [2.75, 3.05) is 11.9 Å². The van der Waals surface area contributed by atoms with Gasteiger partial charge in [0.2, 0.25) is 0 Å². The smallest absolute Gasteiger partial charge is 0.0779 e. The molecule has 0 fully saturated rings. The van der Waals surface area contributed by atoms with E-state index >= 15 is 0 Å². The van der Waals surface area contributed by atoms with Crippen LogP contribution in [0, 0.1) is 0 Å². The molecular weight excluding hydrogens is 148 g/mol. The maximum absolute atomic E-state index is 3.92. The molecule has 0 unspecified atom stereocenters. The standard InChI is InChI=1S/C10H10N2/c1-12(10-7-11-8-10)9-5-3-2-4-6-9/h2-8H,1H3. The van der Waals surface area contributed by atoms with Crippen molar-refractivity contribution in [1.29, 1.82) is 0 Å². The van der Waals surface area contributed by atoms with Crippen LogP contribution in [-0.4, -0.2) is 13.3 Å². The van der Waals surface area contributed by atoms with E-state index in [9.17, 15) is 0 Å². The largest absolute Gasteiger partial charge is 0.342 e. The van der Waals surface area contributed by atoms with Gasteiger partial charge in [0.15, 0.2) is 0 Å². The maximum Gasteiger partial charge on any atom is 0.0779 e. The van der Waals surface area contributed by atoms with Gasteiger partial charge in [-0.05, 0) is 12.1 Å². The van der Waals surface area contributed by atoms with E-state index < -0.39 is 0 Å². The molecule has 0 radical (unpaired) electrons. The van der Waals surface area contributed by atoms with E-state index in [2.05, 4.69) is 22.0 Å². The van der Waals surface area contributed by atoms with Crippen molar-refractivity contribution in [2.45, 2.75) is 0 Å². The van der Waals surface area contributed by atoms with Crippen LogP contribution in [0.3, 0.4) is 0 Å². The summed E-state index contributed by atoms with van der Waals surface area (Å²) in [7, 11) is 2.03. The molecule has 1 aromatic carbocycles. The molecule has 0 atom stereocenters. The van der Waals surface area contributed by atoms with Gasteiger partial charge < -0.3 is 4.90 Å². The van der Waals surface area contributed by atoms with E-state index in [0.29, 0.717) is 0 Å². The topological polar surface area (TPSA) is 15.6 Å². The Morgan fingerprint density at radius 1 is 1.17 bits per heavy atom. The fourth-order valence-corrected chi connectivity index (χ4v) is 1.12. The Morgan fingerprint density at radius 3 is 2.33 bits per heavy atom. The lowest BCUT2D eigenvalue weighted by Crippen LogP contribution is -2.19. The number of para-hydroxylation sites is 1. The van der Waals surface area contributed by atoms with Crippen LogP contribution in [0.2, 0.25) is 0 Å². The number of aliphatic imine (C=N–C) groups is 1. The summed E-state index contributed by atoms with van der Waals surface area (Å²) in [5, 5.41) is 0. The van der Waals surface area contributed by atoms with Crippen LogP contribution in [0.15, 0.2) is 47.2 Å². The van der Waals surface area contributed by atoms with Crippen molar-refractivity contribution in [1.82, 2.24) is 0 Å². The number of hydrogen-bond donors (Lipinski definition) is 0. The summed E-state index contributed by atoms with van der Waals surface area (Å²) in [5.74, 6) is 0. The van der Waals surface area contributed by atoms with Gasteiger partial charge in [0.25, 0.3) is 0 Å². The molecular formula is C10H10N2. The van der Waals surface area contributed by atoms with Gasteiger partial charge in [-0.1, -0.05) is 18.2 Å². The molecule has 1 aliphatic rings. The van der Waals surface area contributed by atoms with Crippen molar-refractivity contribution in [3.63, 3.8) is 0 Å². The van der Waals surface area contributed by atoms with Crippen LogP contribution in [0.4, 0.5) is 5.69 Å². The number of benzene rings is 1. The molecule has 1 aromatic rings. The van der Waals surface area contributed by atoms with Crippen LogP contribution < -0.4 is 4.90 Å². The molecule has 0 spiro atoms. The molecule has 0 bridgehead atoms. The highest BCUT2D eigenvalue weighted by molar-refractivity contribution is 5.89. The molecule has 0 N–H and O–H groups in total. The Bertz CT molecular complexity index is 325. The Labute approximate surface area is 71.9 Å². The summed E-state index contributed by atoms with van der Waals surface area (Å²) >= 11 is 0. The third kappa shape index (κ3) is 1.11. The zero-order valence-electron chi connectivity index (χ0n) is 6.94. The SMILES string of the molecule is CN(C1=CN=C1)c1ccccc1. The fraction of sp³-hybridized carbons (Fsp3) is 0.100. The summed E-state index contributed by atoms with van der Waals surface area (Å²) in [4.78, 5) is 6.02. The minimum absolute atomic E-state index is 1.15. The van der Waals surface area contributed by atoms with Gasteiger partial charge in [-0.15, -0.1) is 0 Å². The van der Waals surface area contributed by atoms with E-state index in [1.165, 1.54) is 5.69 Å². The first-order chi connectivity index (χ1) is 5.88. The number of rotatable bonds is 2. The average Bonchev–Trinajstić information content (AvgIpc) is 2.03. The van der Waals surface area contributed by atoms with E-state index in [1.807, 2.05) is 37.7 Å². The first-order valence-corrected chi connectivity index (χ1v) is 3.90. The predicted molar refractivity (Wildman–Crippen MR) is 51.4 cm³/mol. The molecule has 2 heteroatoms. The van der Waals surface area contributed by atoms with Gasteiger partial charge in [-0.25, -0.2) is 0 Å². The number of nitrogens with zero attached hydrogens (tertiary/aromatic N) is 2. The van der Waals surface area contributed by atoms with Crippen molar-refractivity contribution >= 4 is 11.9 Å². The number of anilines is 1. The summed E-state index contributed by atoms with van der Waals surface area (Å²) in [6.45, 7) is 0. The molecule has 60 valence electrons. The second-order valence-electron chi connectivity index (χ2n) is 2.73. The average molecular weight is 158 g/mol. The molecule has 1 heterocycles. The molecule has 0 saturated heterocycles. The van der Waals surface area contributed by atoms with Gasteiger partial charge in [-0.3, -0.25) is 4.99 Å². The lowest BCUT2D eigenvalue weighted by atomic mass is 10.2. The van der Waals surface area contributed by atoms with Crippen LogP contribution in [-0.2, 0) is 0 Å². The lowest BCUT2D eigenvalue weighted by Gasteiger charge is -2.21. The van der Waals surface area contributed by atoms with E-state index in [4.69, 9.17) is 0 Å². The highest BCUT2D eigenvalue weighted by atomic mass is 15.1. The molecule has 0 aromatic heterocycles. The van der Waals surface area contributed by atoms with Crippen LogP contribution in [0.1, 0.15) is 0 Å². The van der Waals surface area contributed by atoms with Gasteiger partial charge in [0.1, 0.15) is 0 Å². The molecule has 0 saturated carbocycles. The van der Waals surface area contributed by atoms with Crippen molar-refractivity contribution < 1.29 is 0 Å². The molecule has 2 rings (SSSR count). The highest BCUT2D eigenvalue weighted by Crippen LogP contribution is 2.17. The Hall–Kier alpha value is -1.57. The predicted octanol–water partition coefficient (Wildman–Crippen LogP) is 2.05. The normalized spacial score (nSPS) is 13.6. The summed E-state index contributed by atoms with van der Waals surface area (Å²) in [6.07, 6.45) is 3.71. The maximum atomic E-state index is 3.92. The van der Waals surface area contributed by atoms with Crippen molar-refractivity contribution in [2.24, 2.45) is 4.99 Å². The molecule has 2 nitrogen and oxygen atoms in total. The first-order valence-electron chi connectivity index (χ1n) is 3.90. The summed E-state index contributed by atoms with van der Waals surface area (Å²) in [5.41, 5.74) is 2.34. The number of hydrogen-bond acceptors (Lipinski definition) is 2. The molecule has 0 amide bonds.